The molecule has 0 aliphatic rings. The van der Waals surface area contributed by atoms with Crippen molar-refractivity contribution in [2.24, 2.45) is 0 Å². The third kappa shape index (κ3) is 3.45. The summed E-state index contributed by atoms with van der Waals surface area (Å²) in [5, 5.41) is 3.18. The van der Waals surface area contributed by atoms with E-state index in [1.807, 2.05) is 13.8 Å². The van der Waals surface area contributed by atoms with Crippen LogP contribution < -0.4 is 10.1 Å². The summed E-state index contributed by atoms with van der Waals surface area (Å²) in [6.45, 7) is 4.04. The summed E-state index contributed by atoms with van der Waals surface area (Å²) in [6.07, 6.45) is 0. The lowest BCUT2D eigenvalue weighted by Crippen LogP contribution is -2.17. The fourth-order valence-electron chi connectivity index (χ4n) is 1.48. The van der Waals surface area contributed by atoms with Gasteiger partial charge in [0.05, 0.1) is 0 Å². The monoisotopic (exact) mass is 229 g/mol. The molecule has 0 amide bonds. The van der Waals surface area contributed by atoms with Crippen LogP contribution in [0.4, 0.5) is 8.78 Å². The first-order valence-corrected chi connectivity index (χ1v) is 5.40. The van der Waals surface area contributed by atoms with Crippen molar-refractivity contribution in [2.45, 2.75) is 19.9 Å². The van der Waals surface area contributed by atoms with Crippen LogP contribution in [0.25, 0.3) is 0 Å². The lowest BCUT2D eigenvalue weighted by atomic mass is 10.1. The highest BCUT2D eigenvalue weighted by Crippen LogP contribution is 2.21. The standard InChI is InChI=1S/C12H17F2NO/c1-3-15-9(2)10-4-5-12(11(14)8-10)16-7-6-13/h4-5,8-9,15H,3,6-7H2,1-2H3. The van der Waals surface area contributed by atoms with E-state index in [9.17, 15) is 8.78 Å². The molecular formula is C12H17F2NO. The molecule has 0 fully saturated rings. The molecule has 2 nitrogen and oxygen atoms in total. The molecule has 0 aromatic heterocycles. The van der Waals surface area contributed by atoms with Gasteiger partial charge in [-0.05, 0) is 31.2 Å². The Kier molecular flexibility index (Phi) is 5.19. The largest absolute Gasteiger partial charge is 0.488 e. The van der Waals surface area contributed by atoms with Crippen LogP contribution in [-0.2, 0) is 0 Å². The third-order valence-corrected chi connectivity index (χ3v) is 2.30. The van der Waals surface area contributed by atoms with Crippen molar-refractivity contribution in [1.29, 1.82) is 0 Å². The number of nitrogens with one attached hydrogen (secondary N) is 1. The number of hydrogen-bond donors (Lipinski definition) is 1. The Bertz CT molecular complexity index is 331. The minimum Gasteiger partial charge on any atom is -0.488 e. The minimum atomic E-state index is -0.616. The van der Waals surface area contributed by atoms with E-state index in [0.29, 0.717) is 0 Å². The highest BCUT2D eigenvalue weighted by Gasteiger charge is 2.08. The summed E-state index contributed by atoms with van der Waals surface area (Å²) in [5.74, 6) is -0.346. The summed E-state index contributed by atoms with van der Waals surface area (Å²) in [6, 6.07) is 4.83. The van der Waals surface area contributed by atoms with Gasteiger partial charge in [0.15, 0.2) is 11.6 Å². The van der Waals surface area contributed by atoms with Crippen molar-refractivity contribution < 1.29 is 13.5 Å². The molecule has 1 rings (SSSR count). The van der Waals surface area contributed by atoms with Crippen molar-refractivity contribution in [3.63, 3.8) is 0 Å². The molecule has 0 bridgehead atoms. The van der Waals surface area contributed by atoms with Crippen LogP contribution in [0.5, 0.6) is 5.75 Å². The lowest BCUT2D eigenvalue weighted by molar-refractivity contribution is 0.262. The highest BCUT2D eigenvalue weighted by molar-refractivity contribution is 5.30. The van der Waals surface area contributed by atoms with E-state index >= 15 is 0 Å². The van der Waals surface area contributed by atoms with Gasteiger partial charge in [-0.2, -0.15) is 0 Å². The summed E-state index contributed by atoms with van der Waals surface area (Å²) < 4.78 is 30.3. The predicted octanol–water partition coefficient (Wildman–Crippen LogP) is 2.84. The summed E-state index contributed by atoms with van der Waals surface area (Å²) >= 11 is 0. The molecular weight excluding hydrogens is 212 g/mol. The Labute approximate surface area is 94.6 Å². The maximum Gasteiger partial charge on any atom is 0.165 e. The zero-order valence-corrected chi connectivity index (χ0v) is 9.59. The van der Waals surface area contributed by atoms with Gasteiger partial charge in [0.1, 0.15) is 13.3 Å². The molecule has 0 radical (unpaired) electrons. The molecule has 4 heteroatoms. The van der Waals surface area contributed by atoms with Crippen molar-refractivity contribution in [3.8, 4) is 5.75 Å². The predicted molar refractivity (Wildman–Crippen MR) is 60.0 cm³/mol. The van der Waals surface area contributed by atoms with E-state index in [4.69, 9.17) is 4.74 Å². The van der Waals surface area contributed by atoms with Crippen LogP contribution in [0, 0.1) is 5.82 Å². The normalized spacial score (nSPS) is 12.5. The maximum absolute atomic E-state index is 13.5. The smallest absolute Gasteiger partial charge is 0.165 e. The maximum atomic E-state index is 13.5. The van der Waals surface area contributed by atoms with Crippen LogP contribution in [0.1, 0.15) is 25.5 Å². The molecule has 1 atom stereocenters. The van der Waals surface area contributed by atoms with Crippen molar-refractivity contribution >= 4 is 0 Å². The van der Waals surface area contributed by atoms with Crippen LogP contribution in [-0.4, -0.2) is 19.8 Å². The Morgan fingerprint density at radius 3 is 2.75 bits per heavy atom. The molecule has 0 aliphatic heterocycles. The summed E-state index contributed by atoms with van der Waals surface area (Å²) in [4.78, 5) is 0. The molecule has 1 unspecified atom stereocenters. The second kappa shape index (κ2) is 6.43. The number of rotatable bonds is 6. The highest BCUT2D eigenvalue weighted by atomic mass is 19.1. The van der Waals surface area contributed by atoms with Gasteiger partial charge < -0.3 is 10.1 Å². The first-order chi connectivity index (χ1) is 7.69. The Hall–Kier alpha value is -1.16. The Morgan fingerprint density at radius 1 is 1.44 bits per heavy atom. The van der Waals surface area contributed by atoms with Gasteiger partial charge in [-0.25, -0.2) is 8.78 Å². The number of hydrogen-bond acceptors (Lipinski definition) is 2. The molecule has 1 N–H and O–H groups in total. The zero-order valence-electron chi connectivity index (χ0n) is 9.59. The molecule has 0 saturated heterocycles. The second-order valence-corrected chi connectivity index (χ2v) is 3.51. The topological polar surface area (TPSA) is 21.3 Å². The number of alkyl halides is 1. The summed E-state index contributed by atoms with van der Waals surface area (Å²) in [5.41, 5.74) is 0.854. The van der Waals surface area contributed by atoms with Crippen LogP contribution in [0.2, 0.25) is 0 Å². The van der Waals surface area contributed by atoms with E-state index in [1.165, 1.54) is 12.1 Å². The van der Waals surface area contributed by atoms with Gasteiger partial charge in [-0.1, -0.05) is 13.0 Å². The molecule has 0 spiro atoms. The van der Waals surface area contributed by atoms with Crippen molar-refractivity contribution in [1.82, 2.24) is 5.32 Å². The molecule has 0 heterocycles. The fourth-order valence-corrected chi connectivity index (χ4v) is 1.48. The van der Waals surface area contributed by atoms with E-state index in [2.05, 4.69) is 5.32 Å². The van der Waals surface area contributed by atoms with Gasteiger partial charge in [0.25, 0.3) is 0 Å². The third-order valence-electron chi connectivity index (χ3n) is 2.30. The number of halogens is 2. The summed E-state index contributed by atoms with van der Waals surface area (Å²) in [7, 11) is 0. The van der Waals surface area contributed by atoms with Gasteiger partial charge in [-0.15, -0.1) is 0 Å². The SMILES string of the molecule is CCNC(C)c1ccc(OCCF)c(F)c1. The molecule has 16 heavy (non-hydrogen) atoms. The lowest BCUT2D eigenvalue weighted by Gasteiger charge is -2.14. The van der Waals surface area contributed by atoms with Crippen LogP contribution >= 0.6 is 0 Å². The van der Waals surface area contributed by atoms with Gasteiger partial charge in [0, 0.05) is 6.04 Å². The molecule has 0 aliphatic carbocycles. The average molecular weight is 229 g/mol. The first-order valence-electron chi connectivity index (χ1n) is 5.40. The molecule has 90 valence electrons. The minimum absolute atomic E-state index is 0.0923. The van der Waals surface area contributed by atoms with Gasteiger partial charge >= 0.3 is 0 Å². The quantitative estimate of drug-likeness (QED) is 0.809. The van der Waals surface area contributed by atoms with Crippen molar-refractivity contribution in [3.05, 3.63) is 29.6 Å². The van der Waals surface area contributed by atoms with Crippen LogP contribution in [0.3, 0.4) is 0 Å². The first kappa shape index (κ1) is 12.9. The number of benzene rings is 1. The Morgan fingerprint density at radius 2 is 2.19 bits per heavy atom. The Balaban J connectivity index is 2.73. The van der Waals surface area contributed by atoms with E-state index in [1.54, 1.807) is 6.07 Å². The number of ether oxygens (including phenoxy) is 1. The van der Waals surface area contributed by atoms with Gasteiger partial charge in [0.2, 0.25) is 0 Å². The molecule has 0 saturated carbocycles. The second-order valence-electron chi connectivity index (χ2n) is 3.51. The average Bonchev–Trinajstić information content (AvgIpc) is 2.27. The van der Waals surface area contributed by atoms with Crippen molar-refractivity contribution in [2.75, 3.05) is 19.8 Å². The van der Waals surface area contributed by atoms with E-state index in [0.717, 1.165) is 12.1 Å². The zero-order chi connectivity index (χ0) is 12.0. The van der Waals surface area contributed by atoms with Gasteiger partial charge in [-0.3, -0.25) is 0 Å². The molecule has 1 aromatic rings. The van der Waals surface area contributed by atoms with E-state index < -0.39 is 12.5 Å². The van der Waals surface area contributed by atoms with E-state index in [-0.39, 0.29) is 18.4 Å². The fraction of sp³-hybridized carbons (Fsp3) is 0.500. The molecule has 1 aromatic carbocycles. The van der Waals surface area contributed by atoms with Crippen LogP contribution in [0.15, 0.2) is 18.2 Å².